The zero-order chi connectivity index (χ0) is 20.5. The third-order valence-electron chi connectivity index (χ3n) is 6.57. The Bertz CT molecular complexity index is 1070. The maximum Gasteiger partial charge on any atom is 0.122 e. The summed E-state index contributed by atoms with van der Waals surface area (Å²) in [6, 6.07) is 10.3. The number of aryl methyl sites for hydroxylation is 1. The zero-order valence-electron chi connectivity index (χ0n) is 17.3. The number of nitrogens with zero attached hydrogens (tertiary/aromatic N) is 1. The molecule has 1 aromatic heterocycles. The second-order valence-electron chi connectivity index (χ2n) is 8.38. The second kappa shape index (κ2) is 8.82. The van der Waals surface area contributed by atoms with Crippen molar-refractivity contribution >= 4 is 34.1 Å². The minimum Gasteiger partial charge on any atom is -0.491 e. The number of rotatable bonds is 4. The number of nitrogens with one attached hydrogen (secondary N) is 1. The molecule has 2 aliphatic rings. The van der Waals surface area contributed by atoms with Crippen molar-refractivity contribution in [3.63, 3.8) is 0 Å². The Hall–Kier alpha value is -1.68. The first-order valence-electron chi connectivity index (χ1n) is 11.2. The molecule has 0 saturated carbocycles. The molecule has 5 heteroatoms. The number of fused-ring (bicyclic) bond motifs is 4. The molecule has 1 aliphatic carbocycles. The van der Waals surface area contributed by atoms with Crippen LogP contribution in [0.2, 0.25) is 10.0 Å². The lowest BCUT2D eigenvalue weighted by atomic mass is 9.91. The maximum atomic E-state index is 6.69. The number of aromatic nitrogens is 1. The van der Waals surface area contributed by atoms with Gasteiger partial charge in [-0.3, -0.25) is 0 Å². The Balaban J connectivity index is 1.47. The van der Waals surface area contributed by atoms with Crippen molar-refractivity contribution in [1.29, 1.82) is 0 Å². The van der Waals surface area contributed by atoms with Gasteiger partial charge in [0.2, 0.25) is 0 Å². The molecule has 5 rings (SSSR count). The van der Waals surface area contributed by atoms with Crippen LogP contribution in [0.15, 0.2) is 30.3 Å². The summed E-state index contributed by atoms with van der Waals surface area (Å²) in [6.45, 7) is 3.44. The van der Waals surface area contributed by atoms with Crippen LogP contribution in [0.5, 0.6) is 5.75 Å². The number of hydrogen-bond acceptors (Lipinski definition) is 2. The molecule has 2 aromatic carbocycles. The first-order chi connectivity index (χ1) is 14.7. The van der Waals surface area contributed by atoms with Gasteiger partial charge in [0.15, 0.2) is 0 Å². The predicted octanol–water partition coefficient (Wildman–Crippen LogP) is 5.98. The fourth-order valence-electron chi connectivity index (χ4n) is 5.18. The van der Waals surface area contributed by atoms with Gasteiger partial charge in [-0.25, -0.2) is 0 Å². The van der Waals surface area contributed by atoms with Gasteiger partial charge in [-0.1, -0.05) is 35.3 Å². The first kappa shape index (κ1) is 20.2. The molecule has 0 bridgehead atoms. The van der Waals surface area contributed by atoms with E-state index in [1.54, 1.807) is 0 Å². The van der Waals surface area contributed by atoms with Gasteiger partial charge in [-0.05, 0) is 92.9 Å². The highest BCUT2D eigenvalue weighted by Crippen LogP contribution is 2.38. The predicted molar refractivity (Wildman–Crippen MR) is 125 cm³/mol. The average molecular weight is 443 g/mol. The van der Waals surface area contributed by atoms with Crippen LogP contribution < -0.4 is 10.1 Å². The van der Waals surface area contributed by atoms with Crippen LogP contribution in [0, 0.1) is 0 Å². The molecule has 0 unspecified atom stereocenters. The quantitative estimate of drug-likeness (QED) is 0.537. The molecule has 158 valence electrons. The van der Waals surface area contributed by atoms with E-state index in [-0.39, 0.29) is 0 Å². The van der Waals surface area contributed by atoms with E-state index in [4.69, 9.17) is 27.9 Å². The van der Waals surface area contributed by atoms with Crippen molar-refractivity contribution in [1.82, 2.24) is 9.88 Å². The lowest BCUT2D eigenvalue weighted by Gasteiger charge is -2.20. The van der Waals surface area contributed by atoms with E-state index in [0.29, 0.717) is 6.61 Å². The third kappa shape index (κ3) is 3.72. The molecule has 0 saturated heterocycles. The summed E-state index contributed by atoms with van der Waals surface area (Å²) in [5.74, 6) is 1.06. The first-order valence-corrected chi connectivity index (χ1v) is 11.9. The van der Waals surface area contributed by atoms with Gasteiger partial charge >= 0.3 is 0 Å². The van der Waals surface area contributed by atoms with E-state index in [1.165, 1.54) is 41.6 Å². The number of halogens is 2. The minimum atomic E-state index is 0.633. The van der Waals surface area contributed by atoms with Crippen molar-refractivity contribution in [2.24, 2.45) is 0 Å². The molecule has 0 atom stereocenters. The molecule has 0 amide bonds. The van der Waals surface area contributed by atoms with Crippen LogP contribution in [0.25, 0.3) is 10.9 Å². The molecular formula is C25H28Cl2N2O. The van der Waals surface area contributed by atoms with Crippen molar-refractivity contribution in [2.45, 2.75) is 51.5 Å². The number of benzene rings is 2. The zero-order valence-corrected chi connectivity index (χ0v) is 18.8. The minimum absolute atomic E-state index is 0.633. The highest BCUT2D eigenvalue weighted by Gasteiger charge is 2.22. The maximum absolute atomic E-state index is 6.69. The van der Waals surface area contributed by atoms with Crippen LogP contribution in [0.4, 0.5) is 0 Å². The van der Waals surface area contributed by atoms with Gasteiger partial charge in [0.1, 0.15) is 12.4 Å². The third-order valence-corrected chi connectivity index (χ3v) is 7.19. The summed E-state index contributed by atoms with van der Waals surface area (Å²) in [4.78, 5) is 0. The van der Waals surface area contributed by atoms with Gasteiger partial charge < -0.3 is 14.6 Å². The van der Waals surface area contributed by atoms with E-state index < -0.39 is 0 Å². The summed E-state index contributed by atoms with van der Waals surface area (Å²) < 4.78 is 8.71. The Labute approximate surface area is 188 Å². The molecule has 30 heavy (non-hydrogen) atoms. The van der Waals surface area contributed by atoms with E-state index in [2.05, 4.69) is 28.1 Å². The Morgan fingerprint density at radius 1 is 0.867 bits per heavy atom. The molecular weight excluding hydrogens is 415 g/mol. The average Bonchev–Trinajstić information content (AvgIpc) is 3.04. The van der Waals surface area contributed by atoms with Crippen LogP contribution >= 0.6 is 23.2 Å². The molecule has 2 heterocycles. The monoisotopic (exact) mass is 442 g/mol. The van der Waals surface area contributed by atoms with Gasteiger partial charge in [-0.15, -0.1) is 0 Å². The van der Waals surface area contributed by atoms with E-state index in [9.17, 15) is 0 Å². The highest BCUT2D eigenvalue weighted by molar-refractivity contribution is 6.40. The smallest absolute Gasteiger partial charge is 0.122 e. The number of ether oxygens (including phenoxy) is 1. The van der Waals surface area contributed by atoms with Crippen LogP contribution in [-0.2, 0) is 32.2 Å². The van der Waals surface area contributed by atoms with Gasteiger partial charge in [0, 0.05) is 11.1 Å². The van der Waals surface area contributed by atoms with Crippen molar-refractivity contribution in [3.05, 3.63) is 62.8 Å². The lowest BCUT2D eigenvalue weighted by molar-refractivity contribution is 0.294. The van der Waals surface area contributed by atoms with Crippen molar-refractivity contribution < 1.29 is 4.74 Å². The topological polar surface area (TPSA) is 26.2 Å². The fraction of sp³-hybridized carbons (Fsp3) is 0.440. The normalized spacial score (nSPS) is 16.6. The summed E-state index contributed by atoms with van der Waals surface area (Å²) in [7, 11) is 0. The summed E-state index contributed by atoms with van der Waals surface area (Å²) >= 11 is 13.3. The van der Waals surface area contributed by atoms with Gasteiger partial charge in [0.05, 0.1) is 22.1 Å². The second-order valence-corrected chi connectivity index (χ2v) is 9.20. The van der Waals surface area contributed by atoms with Gasteiger partial charge in [0.25, 0.3) is 0 Å². The molecule has 3 nitrogen and oxygen atoms in total. The van der Waals surface area contributed by atoms with E-state index in [0.717, 1.165) is 72.0 Å². The SMILES string of the molecule is Clc1ccc(Cl)c2c1c1c(n2CCOc2cccc3c2CCCC3)CCCNCC1. The van der Waals surface area contributed by atoms with Crippen LogP contribution in [-0.4, -0.2) is 24.3 Å². The lowest BCUT2D eigenvalue weighted by Crippen LogP contribution is -2.23. The fourth-order valence-corrected chi connectivity index (χ4v) is 5.71. The molecule has 0 fully saturated rings. The Morgan fingerprint density at radius 3 is 2.67 bits per heavy atom. The largest absolute Gasteiger partial charge is 0.491 e. The van der Waals surface area contributed by atoms with Gasteiger partial charge in [-0.2, -0.15) is 0 Å². The Kier molecular flexibility index (Phi) is 5.95. The Morgan fingerprint density at radius 2 is 1.73 bits per heavy atom. The molecule has 1 N–H and O–H groups in total. The van der Waals surface area contributed by atoms with E-state index >= 15 is 0 Å². The summed E-state index contributed by atoms with van der Waals surface area (Å²) in [6.07, 6.45) is 7.96. The highest BCUT2D eigenvalue weighted by atomic mass is 35.5. The number of hydrogen-bond donors (Lipinski definition) is 1. The van der Waals surface area contributed by atoms with Crippen molar-refractivity contribution in [2.75, 3.05) is 19.7 Å². The summed E-state index contributed by atoms with van der Waals surface area (Å²) in [5.41, 5.74) is 6.65. The van der Waals surface area contributed by atoms with Crippen molar-refractivity contribution in [3.8, 4) is 5.75 Å². The standard InChI is InChI=1S/C25H28Cl2N2O/c26-20-10-11-21(27)25-24(20)19-12-14-28-13-4-8-22(19)29(25)15-16-30-23-9-3-6-17-5-1-2-7-18(17)23/h3,6,9-11,28H,1-2,4-5,7-8,12-16H2. The molecule has 0 spiro atoms. The summed E-state index contributed by atoms with van der Waals surface area (Å²) in [5, 5.41) is 6.21. The molecule has 0 radical (unpaired) electrons. The molecule has 1 aliphatic heterocycles. The van der Waals surface area contributed by atoms with E-state index in [1.807, 2.05) is 12.1 Å². The van der Waals surface area contributed by atoms with Crippen LogP contribution in [0.1, 0.15) is 41.6 Å². The van der Waals surface area contributed by atoms with Crippen LogP contribution in [0.3, 0.4) is 0 Å². The molecule has 3 aromatic rings.